The number of nitrogens with zero attached hydrogens (tertiary/aromatic N) is 2. The number of anilines is 2. The molecule has 2 aromatic carbocycles. The Morgan fingerprint density at radius 2 is 2.00 bits per heavy atom. The highest BCUT2D eigenvalue weighted by Gasteiger charge is 2.15. The fraction of sp³-hybridized carbons (Fsp3) is 0.167. The summed E-state index contributed by atoms with van der Waals surface area (Å²) < 4.78 is 10.2. The molecule has 0 aliphatic carbocycles. The molecule has 3 rings (SSSR count). The molecule has 0 atom stereocenters. The molecule has 0 saturated carbocycles. The first-order valence-corrected chi connectivity index (χ1v) is 8.04. The maximum Gasteiger partial charge on any atom is 0.376 e. The van der Waals surface area contributed by atoms with Gasteiger partial charge in [-0.05, 0) is 37.3 Å². The number of nitrogens with one attached hydrogen (secondary N) is 1. The zero-order chi connectivity index (χ0) is 17.8. The van der Waals surface area contributed by atoms with Crippen molar-refractivity contribution < 1.29 is 14.3 Å². The first kappa shape index (κ1) is 17.0. The Hall–Kier alpha value is -2.86. The maximum absolute atomic E-state index is 12.0. The van der Waals surface area contributed by atoms with Crippen LogP contribution in [0.15, 0.2) is 42.5 Å². The zero-order valence-electron chi connectivity index (χ0n) is 13.7. The van der Waals surface area contributed by atoms with E-state index < -0.39 is 5.97 Å². The predicted octanol–water partition coefficient (Wildman–Crippen LogP) is 4.21. The number of para-hydroxylation sites is 1. The van der Waals surface area contributed by atoms with Crippen LogP contribution in [-0.2, 0) is 4.74 Å². The SMILES string of the molecule is CCOC(=O)c1nc(Nc2ccc(OC)c(Cl)c2)c2ccccc2n1. The van der Waals surface area contributed by atoms with Crippen LogP contribution in [0, 0.1) is 0 Å². The number of ether oxygens (including phenoxy) is 2. The highest BCUT2D eigenvalue weighted by atomic mass is 35.5. The standard InChI is InChI=1S/C18H16ClN3O3/c1-3-25-18(23)17-21-14-7-5-4-6-12(14)16(22-17)20-11-8-9-15(24-2)13(19)10-11/h4-10H,3H2,1-2H3,(H,20,21,22). The van der Waals surface area contributed by atoms with Gasteiger partial charge in [-0.3, -0.25) is 0 Å². The predicted molar refractivity (Wildman–Crippen MR) is 96.8 cm³/mol. The summed E-state index contributed by atoms with van der Waals surface area (Å²) in [5.41, 5.74) is 1.35. The number of methoxy groups -OCH3 is 1. The van der Waals surface area contributed by atoms with Gasteiger partial charge >= 0.3 is 5.97 Å². The van der Waals surface area contributed by atoms with E-state index in [0.717, 1.165) is 5.39 Å². The second kappa shape index (κ2) is 7.36. The molecule has 3 aromatic rings. The first-order chi connectivity index (χ1) is 12.1. The molecule has 6 nitrogen and oxygen atoms in total. The Kier molecular flexibility index (Phi) is 5.00. The Morgan fingerprint density at radius 3 is 2.72 bits per heavy atom. The molecule has 0 spiro atoms. The van der Waals surface area contributed by atoms with Gasteiger partial charge in [0.1, 0.15) is 11.6 Å². The van der Waals surface area contributed by atoms with Gasteiger partial charge in [-0.1, -0.05) is 23.7 Å². The summed E-state index contributed by atoms with van der Waals surface area (Å²) in [6.45, 7) is 1.99. The van der Waals surface area contributed by atoms with Crippen molar-refractivity contribution in [3.05, 3.63) is 53.3 Å². The molecule has 25 heavy (non-hydrogen) atoms. The Bertz CT molecular complexity index is 931. The minimum atomic E-state index is -0.566. The molecule has 7 heteroatoms. The Labute approximate surface area is 149 Å². The van der Waals surface area contributed by atoms with Crippen molar-refractivity contribution in [2.24, 2.45) is 0 Å². The smallest absolute Gasteiger partial charge is 0.376 e. The van der Waals surface area contributed by atoms with Crippen LogP contribution in [0.1, 0.15) is 17.5 Å². The van der Waals surface area contributed by atoms with E-state index in [0.29, 0.717) is 27.8 Å². The summed E-state index contributed by atoms with van der Waals surface area (Å²) in [5, 5.41) is 4.43. The van der Waals surface area contributed by atoms with E-state index in [2.05, 4.69) is 15.3 Å². The number of carbonyl (C=O) groups is 1. The summed E-state index contributed by atoms with van der Waals surface area (Å²) in [7, 11) is 1.55. The number of hydrogen-bond acceptors (Lipinski definition) is 6. The average Bonchev–Trinajstić information content (AvgIpc) is 2.62. The van der Waals surface area contributed by atoms with Gasteiger partial charge in [0.15, 0.2) is 0 Å². The molecule has 0 saturated heterocycles. The van der Waals surface area contributed by atoms with Crippen LogP contribution >= 0.6 is 11.6 Å². The molecule has 1 aromatic heterocycles. The zero-order valence-corrected chi connectivity index (χ0v) is 14.5. The minimum absolute atomic E-state index is 0.00246. The average molecular weight is 358 g/mol. The van der Waals surface area contributed by atoms with Gasteiger partial charge in [0.2, 0.25) is 5.82 Å². The highest BCUT2D eigenvalue weighted by Crippen LogP contribution is 2.30. The number of benzene rings is 2. The molecule has 0 bridgehead atoms. The van der Waals surface area contributed by atoms with Gasteiger partial charge in [0.25, 0.3) is 0 Å². The summed E-state index contributed by atoms with van der Waals surface area (Å²) in [6.07, 6.45) is 0. The summed E-state index contributed by atoms with van der Waals surface area (Å²) in [5.74, 6) is 0.508. The maximum atomic E-state index is 12.0. The first-order valence-electron chi connectivity index (χ1n) is 7.67. The van der Waals surface area contributed by atoms with Crippen LogP contribution in [-0.4, -0.2) is 29.7 Å². The summed E-state index contributed by atoms with van der Waals surface area (Å²) in [6, 6.07) is 12.7. The van der Waals surface area contributed by atoms with Crippen molar-refractivity contribution in [1.82, 2.24) is 9.97 Å². The molecular weight excluding hydrogens is 342 g/mol. The Morgan fingerprint density at radius 1 is 1.20 bits per heavy atom. The lowest BCUT2D eigenvalue weighted by atomic mass is 10.2. The van der Waals surface area contributed by atoms with Gasteiger partial charge in [-0.25, -0.2) is 14.8 Å². The third kappa shape index (κ3) is 3.64. The molecule has 0 amide bonds. The lowest BCUT2D eigenvalue weighted by molar-refractivity contribution is 0.0512. The van der Waals surface area contributed by atoms with E-state index in [1.807, 2.05) is 30.3 Å². The Balaban J connectivity index is 2.04. The van der Waals surface area contributed by atoms with Crippen LogP contribution in [0.2, 0.25) is 5.02 Å². The molecule has 128 valence electrons. The molecular formula is C18H16ClN3O3. The second-order valence-electron chi connectivity index (χ2n) is 5.11. The molecule has 0 fully saturated rings. The van der Waals surface area contributed by atoms with E-state index in [1.54, 1.807) is 26.2 Å². The van der Waals surface area contributed by atoms with Gasteiger partial charge in [0.05, 0.1) is 24.3 Å². The summed E-state index contributed by atoms with van der Waals surface area (Å²) >= 11 is 6.17. The molecule has 0 unspecified atom stereocenters. The van der Waals surface area contributed by atoms with Crippen molar-refractivity contribution in [2.75, 3.05) is 19.0 Å². The fourth-order valence-corrected chi connectivity index (χ4v) is 2.60. The molecule has 0 aliphatic heterocycles. The fourth-order valence-electron chi connectivity index (χ4n) is 2.34. The number of aromatic nitrogens is 2. The number of rotatable bonds is 5. The van der Waals surface area contributed by atoms with Crippen molar-refractivity contribution in [2.45, 2.75) is 6.92 Å². The van der Waals surface area contributed by atoms with Crippen LogP contribution in [0.25, 0.3) is 10.9 Å². The second-order valence-corrected chi connectivity index (χ2v) is 5.51. The number of carbonyl (C=O) groups excluding carboxylic acids is 1. The number of esters is 1. The topological polar surface area (TPSA) is 73.3 Å². The van der Waals surface area contributed by atoms with E-state index in [9.17, 15) is 4.79 Å². The van der Waals surface area contributed by atoms with Crippen molar-refractivity contribution in [3.63, 3.8) is 0 Å². The van der Waals surface area contributed by atoms with Crippen LogP contribution < -0.4 is 10.1 Å². The quantitative estimate of drug-likeness (QED) is 0.689. The number of halogens is 1. The van der Waals surface area contributed by atoms with E-state index in [-0.39, 0.29) is 12.4 Å². The van der Waals surface area contributed by atoms with E-state index >= 15 is 0 Å². The van der Waals surface area contributed by atoms with Crippen molar-refractivity contribution in [3.8, 4) is 5.75 Å². The lowest BCUT2D eigenvalue weighted by Gasteiger charge is -2.11. The summed E-state index contributed by atoms with van der Waals surface area (Å²) in [4.78, 5) is 20.6. The molecule has 1 N–H and O–H groups in total. The highest BCUT2D eigenvalue weighted by molar-refractivity contribution is 6.32. The van der Waals surface area contributed by atoms with E-state index in [1.165, 1.54) is 0 Å². The van der Waals surface area contributed by atoms with Gasteiger partial charge in [-0.2, -0.15) is 0 Å². The van der Waals surface area contributed by atoms with E-state index in [4.69, 9.17) is 21.1 Å². The van der Waals surface area contributed by atoms with Crippen molar-refractivity contribution in [1.29, 1.82) is 0 Å². The molecule has 1 heterocycles. The number of hydrogen-bond donors (Lipinski definition) is 1. The largest absolute Gasteiger partial charge is 0.495 e. The normalized spacial score (nSPS) is 10.5. The third-order valence-corrected chi connectivity index (χ3v) is 3.77. The molecule has 0 radical (unpaired) electrons. The number of fused-ring (bicyclic) bond motifs is 1. The van der Waals surface area contributed by atoms with Crippen molar-refractivity contribution >= 4 is 40.0 Å². The molecule has 0 aliphatic rings. The van der Waals surface area contributed by atoms with Gasteiger partial charge < -0.3 is 14.8 Å². The van der Waals surface area contributed by atoms with Crippen LogP contribution in [0.3, 0.4) is 0 Å². The third-order valence-electron chi connectivity index (χ3n) is 3.48. The van der Waals surface area contributed by atoms with Crippen LogP contribution in [0.5, 0.6) is 5.75 Å². The lowest BCUT2D eigenvalue weighted by Crippen LogP contribution is -2.11. The van der Waals surface area contributed by atoms with Gasteiger partial charge in [0, 0.05) is 11.1 Å². The monoisotopic (exact) mass is 357 g/mol. The minimum Gasteiger partial charge on any atom is -0.495 e. The van der Waals surface area contributed by atoms with Crippen LogP contribution in [0.4, 0.5) is 11.5 Å². The van der Waals surface area contributed by atoms with Gasteiger partial charge in [-0.15, -0.1) is 0 Å².